The van der Waals surface area contributed by atoms with Crippen molar-refractivity contribution in [1.29, 1.82) is 0 Å². The normalized spacial score (nSPS) is 38.4. The standard InChI is InChI=1S/C14H24N2O2/c1-11-8-14(9-13(17)18,15-6-2-3-7-15)10-16(11)12-4-5-12/h11-12H,2-10H2,1H3,(H,17,18). The lowest BCUT2D eigenvalue weighted by molar-refractivity contribution is -0.140. The number of hydrogen-bond donors (Lipinski definition) is 1. The minimum absolute atomic E-state index is 0.0790. The molecule has 0 bridgehead atoms. The first-order valence-corrected chi connectivity index (χ1v) is 7.33. The second kappa shape index (κ2) is 4.49. The zero-order valence-electron chi connectivity index (χ0n) is 11.3. The average molecular weight is 252 g/mol. The van der Waals surface area contributed by atoms with Crippen LogP contribution in [0.1, 0.15) is 45.4 Å². The van der Waals surface area contributed by atoms with Gasteiger partial charge in [-0.2, -0.15) is 0 Å². The van der Waals surface area contributed by atoms with Crippen LogP contribution in [0.3, 0.4) is 0 Å². The van der Waals surface area contributed by atoms with Crippen molar-refractivity contribution >= 4 is 5.97 Å². The summed E-state index contributed by atoms with van der Waals surface area (Å²) in [6.45, 7) is 5.44. The summed E-state index contributed by atoms with van der Waals surface area (Å²) in [5.41, 5.74) is -0.0790. The number of carboxylic acid groups (broad SMARTS) is 1. The van der Waals surface area contributed by atoms with Crippen molar-refractivity contribution < 1.29 is 9.90 Å². The molecule has 1 aliphatic carbocycles. The molecule has 0 radical (unpaired) electrons. The van der Waals surface area contributed by atoms with Crippen molar-refractivity contribution in [1.82, 2.24) is 9.80 Å². The van der Waals surface area contributed by atoms with Gasteiger partial charge < -0.3 is 5.11 Å². The number of aliphatic carboxylic acids is 1. The third-order valence-electron chi connectivity index (χ3n) is 4.99. The van der Waals surface area contributed by atoms with E-state index in [4.69, 9.17) is 0 Å². The number of hydrogen-bond acceptors (Lipinski definition) is 3. The molecular formula is C14H24N2O2. The number of nitrogens with zero attached hydrogens (tertiary/aromatic N) is 2. The molecule has 3 rings (SSSR count). The predicted octanol–water partition coefficient (Wildman–Crippen LogP) is 1.55. The third kappa shape index (κ3) is 2.16. The Kier molecular flexibility index (Phi) is 3.10. The van der Waals surface area contributed by atoms with Gasteiger partial charge in [-0.1, -0.05) is 0 Å². The smallest absolute Gasteiger partial charge is 0.305 e. The summed E-state index contributed by atoms with van der Waals surface area (Å²) in [6.07, 6.45) is 6.45. The maximum Gasteiger partial charge on any atom is 0.305 e. The van der Waals surface area contributed by atoms with E-state index in [2.05, 4.69) is 16.7 Å². The average Bonchev–Trinajstić information content (AvgIpc) is 2.87. The van der Waals surface area contributed by atoms with Gasteiger partial charge in [0.2, 0.25) is 0 Å². The zero-order chi connectivity index (χ0) is 12.8. The molecule has 0 amide bonds. The summed E-state index contributed by atoms with van der Waals surface area (Å²) >= 11 is 0. The van der Waals surface area contributed by atoms with Gasteiger partial charge in [0.25, 0.3) is 0 Å². The van der Waals surface area contributed by atoms with E-state index in [1.807, 2.05) is 0 Å². The van der Waals surface area contributed by atoms with Crippen molar-refractivity contribution in [2.75, 3.05) is 19.6 Å². The Morgan fingerprint density at radius 2 is 2.00 bits per heavy atom. The third-order valence-corrected chi connectivity index (χ3v) is 4.99. The summed E-state index contributed by atoms with van der Waals surface area (Å²) in [4.78, 5) is 16.3. The Labute approximate surface area is 109 Å². The fourth-order valence-electron chi connectivity index (χ4n) is 4.06. The van der Waals surface area contributed by atoms with Crippen LogP contribution in [0, 0.1) is 0 Å². The summed E-state index contributed by atoms with van der Waals surface area (Å²) in [6, 6.07) is 1.30. The molecule has 0 aromatic rings. The van der Waals surface area contributed by atoms with Gasteiger partial charge in [-0.05, 0) is 52.1 Å². The monoisotopic (exact) mass is 252 g/mol. The van der Waals surface area contributed by atoms with E-state index >= 15 is 0 Å². The number of carbonyl (C=O) groups is 1. The highest BCUT2D eigenvalue weighted by molar-refractivity contribution is 5.68. The molecule has 3 aliphatic rings. The van der Waals surface area contributed by atoms with Crippen molar-refractivity contribution in [2.45, 2.75) is 63.1 Å². The van der Waals surface area contributed by atoms with E-state index in [1.54, 1.807) is 0 Å². The highest BCUT2D eigenvalue weighted by Crippen LogP contribution is 2.42. The summed E-state index contributed by atoms with van der Waals surface area (Å²) in [5, 5.41) is 9.28. The van der Waals surface area contributed by atoms with Crippen LogP contribution >= 0.6 is 0 Å². The molecule has 2 heterocycles. The summed E-state index contributed by atoms with van der Waals surface area (Å²) in [5.74, 6) is -0.633. The minimum atomic E-state index is -0.633. The van der Waals surface area contributed by atoms with E-state index in [0.717, 1.165) is 32.1 Å². The van der Waals surface area contributed by atoms with Gasteiger partial charge in [0, 0.05) is 24.2 Å². The van der Waals surface area contributed by atoms with E-state index in [-0.39, 0.29) is 5.54 Å². The van der Waals surface area contributed by atoms with Crippen LogP contribution < -0.4 is 0 Å². The fraction of sp³-hybridized carbons (Fsp3) is 0.929. The molecule has 2 unspecified atom stereocenters. The van der Waals surface area contributed by atoms with E-state index in [9.17, 15) is 9.90 Å². The van der Waals surface area contributed by atoms with Crippen LogP contribution in [0.25, 0.3) is 0 Å². The molecule has 4 nitrogen and oxygen atoms in total. The molecule has 18 heavy (non-hydrogen) atoms. The first-order valence-electron chi connectivity index (χ1n) is 7.33. The largest absolute Gasteiger partial charge is 0.481 e. The molecule has 1 N–H and O–H groups in total. The maximum absolute atomic E-state index is 11.3. The fourth-order valence-corrected chi connectivity index (χ4v) is 4.06. The predicted molar refractivity (Wildman–Crippen MR) is 69.6 cm³/mol. The molecule has 0 aromatic heterocycles. The molecule has 2 atom stereocenters. The first kappa shape index (κ1) is 12.4. The molecule has 4 heteroatoms. The van der Waals surface area contributed by atoms with Gasteiger partial charge >= 0.3 is 5.97 Å². The Bertz CT molecular complexity index is 337. The lowest BCUT2D eigenvalue weighted by atomic mass is 9.90. The van der Waals surface area contributed by atoms with Crippen LogP contribution in [0.4, 0.5) is 0 Å². The highest BCUT2D eigenvalue weighted by Gasteiger charge is 2.51. The van der Waals surface area contributed by atoms with E-state index in [0.29, 0.717) is 12.5 Å². The number of likely N-dealkylation sites (tertiary alicyclic amines) is 2. The van der Waals surface area contributed by atoms with Crippen molar-refractivity contribution in [3.05, 3.63) is 0 Å². The van der Waals surface area contributed by atoms with Gasteiger partial charge in [-0.15, -0.1) is 0 Å². The Balaban J connectivity index is 1.79. The summed E-state index contributed by atoms with van der Waals surface area (Å²) < 4.78 is 0. The molecule has 0 aromatic carbocycles. The lowest BCUT2D eigenvalue weighted by Gasteiger charge is -2.37. The molecular weight excluding hydrogens is 228 g/mol. The number of rotatable bonds is 4. The molecule has 2 saturated heterocycles. The van der Waals surface area contributed by atoms with Gasteiger partial charge in [0.05, 0.1) is 6.42 Å². The quantitative estimate of drug-likeness (QED) is 0.824. The molecule has 102 valence electrons. The molecule has 2 aliphatic heterocycles. The zero-order valence-corrected chi connectivity index (χ0v) is 11.3. The van der Waals surface area contributed by atoms with E-state index in [1.165, 1.54) is 25.7 Å². The van der Waals surface area contributed by atoms with Gasteiger partial charge in [0.1, 0.15) is 0 Å². The Morgan fingerprint density at radius 3 is 2.56 bits per heavy atom. The van der Waals surface area contributed by atoms with Gasteiger partial charge in [-0.3, -0.25) is 14.6 Å². The molecule has 1 saturated carbocycles. The van der Waals surface area contributed by atoms with Crippen molar-refractivity contribution in [3.8, 4) is 0 Å². The second-order valence-electron chi connectivity index (χ2n) is 6.45. The maximum atomic E-state index is 11.3. The Morgan fingerprint density at radius 1 is 1.33 bits per heavy atom. The van der Waals surface area contributed by atoms with Gasteiger partial charge in [0.15, 0.2) is 0 Å². The Hall–Kier alpha value is -0.610. The minimum Gasteiger partial charge on any atom is -0.481 e. The van der Waals surface area contributed by atoms with Crippen molar-refractivity contribution in [3.63, 3.8) is 0 Å². The second-order valence-corrected chi connectivity index (χ2v) is 6.45. The summed E-state index contributed by atoms with van der Waals surface area (Å²) in [7, 11) is 0. The van der Waals surface area contributed by atoms with Crippen LogP contribution in [0.5, 0.6) is 0 Å². The lowest BCUT2D eigenvalue weighted by Crippen LogP contribution is -2.50. The van der Waals surface area contributed by atoms with Crippen LogP contribution in [0.2, 0.25) is 0 Å². The first-order chi connectivity index (χ1) is 8.61. The number of carboxylic acids is 1. The molecule has 3 fully saturated rings. The van der Waals surface area contributed by atoms with Crippen molar-refractivity contribution in [2.24, 2.45) is 0 Å². The SMILES string of the molecule is CC1CC(CC(=O)O)(N2CCCC2)CN1C1CC1. The van der Waals surface area contributed by atoms with Crippen LogP contribution in [0.15, 0.2) is 0 Å². The van der Waals surface area contributed by atoms with Crippen LogP contribution in [-0.2, 0) is 4.79 Å². The molecule has 0 spiro atoms. The van der Waals surface area contributed by atoms with E-state index < -0.39 is 5.97 Å². The van der Waals surface area contributed by atoms with Gasteiger partial charge in [-0.25, -0.2) is 0 Å². The highest BCUT2D eigenvalue weighted by atomic mass is 16.4. The topological polar surface area (TPSA) is 43.8 Å². The van der Waals surface area contributed by atoms with Crippen LogP contribution in [-0.4, -0.2) is 58.1 Å².